The van der Waals surface area contributed by atoms with Gasteiger partial charge in [-0.2, -0.15) is 0 Å². The minimum Gasteiger partial charge on any atom is -0.457 e. The summed E-state index contributed by atoms with van der Waals surface area (Å²) in [7, 11) is 0. The summed E-state index contributed by atoms with van der Waals surface area (Å²) in [6.07, 6.45) is 32.8. The van der Waals surface area contributed by atoms with Crippen molar-refractivity contribution in [3.63, 3.8) is 0 Å². The molecule has 0 aliphatic carbocycles. The van der Waals surface area contributed by atoms with Gasteiger partial charge in [0.1, 0.15) is 30.5 Å². The van der Waals surface area contributed by atoms with Crippen molar-refractivity contribution in [1.82, 2.24) is 0 Å². The standard InChI is InChI=1S/C42H74O9/c1-3-5-7-9-11-13-15-17-18-19-20-22-24-26-28-30-32-48-34-36(35-49-42-41(47)40(46)39(45)37(33-43)51-42)50-38(44)31-29-27-25-23-21-16-14-12-10-8-6-4-2/h5,7,11-14,17-18,36-37,39-43,45-47H,3-4,6,8-10,15-16,19-35H2,1-2H3/b7-5-,13-11-,14-12-,18-17-. The number of aliphatic hydroxyl groups excluding tert-OH is 4. The molecule has 6 atom stereocenters. The van der Waals surface area contributed by atoms with Crippen molar-refractivity contribution in [2.75, 3.05) is 26.4 Å². The molecule has 1 rings (SSSR count). The van der Waals surface area contributed by atoms with E-state index in [9.17, 15) is 25.2 Å². The highest BCUT2D eigenvalue weighted by Gasteiger charge is 2.44. The fraction of sp³-hybridized carbons (Fsp3) is 0.786. The molecule has 0 bridgehead atoms. The van der Waals surface area contributed by atoms with E-state index in [1.807, 2.05) is 0 Å². The SMILES string of the molecule is CC/C=C\C/C=C\C/C=C\CCCCCCCCOCC(COC1OC(CO)C(O)C(O)C1O)OC(=O)CCCCCCC/C=C\CCCCC. The van der Waals surface area contributed by atoms with Gasteiger partial charge in [0.15, 0.2) is 6.29 Å². The monoisotopic (exact) mass is 723 g/mol. The zero-order chi connectivity index (χ0) is 37.2. The van der Waals surface area contributed by atoms with Crippen LogP contribution in [0.4, 0.5) is 0 Å². The first kappa shape index (κ1) is 47.2. The third kappa shape index (κ3) is 25.7. The first-order valence-corrected chi connectivity index (χ1v) is 20.2. The molecule has 0 aromatic heterocycles. The van der Waals surface area contributed by atoms with Gasteiger partial charge in [0.05, 0.1) is 19.8 Å². The van der Waals surface area contributed by atoms with Crippen molar-refractivity contribution in [1.29, 1.82) is 0 Å². The average Bonchev–Trinajstić information content (AvgIpc) is 3.13. The second-order valence-electron chi connectivity index (χ2n) is 13.7. The number of hydrogen-bond donors (Lipinski definition) is 4. The summed E-state index contributed by atoms with van der Waals surface area (Å²) in [6, 6.07) is 0. The van der Waals surface area contributed by atoms with Crippen LogP contribution in [0.2, 0.25) is 0 Å². The summed E-state index contributed by atoms with van der Waals surface area (Å²) in [5.74, 6) is -0.331. The van der Waals surface area contributed by atoms with Crippen molar-refractivity contribution in [3.05, 3.63) is 48.6 Å². The molecule has 0 radical (unpaired) electrons. The summed E-state index contributed by atoms with van der Waals surface area (Å²) in [4.78, 5) is 12.7. The molecule has 0 aromatic carbocycles. The van der Waals surface area contributed by atoms with Gasteiger partial charge in [-0.25, -0.2) is 0 Å². The largest absolute Gasteiger partial charge is 0.457 e. The van der Waals surface area contributed by atoms with Crippen LogP contribution in [0.15, 0.2) is 48.6 Å². The van der Waals surface area contributed by atoms with Crippen LogP contribution in [-0.4, -0.2) is 89.6 Å². The van der Waals surface area contributed by atoms with E-state index in [0.29, 0.717) is 13.0 Å². The van der Waals surface area contributed by atoms with Gasteiger partial charge in [0.25, 0.3) is 0 Å². The van der Waals surface area contributed by atoms with E-state index < -0.39 is 43.4 Å². The highest BCUT2D eigenvalue weighted by molar-refractivity contribution is 5.69. The Hall–Kier alpha value is -1.85. The van der Waals surface area contributed by atoms with E-state index in [1.54, 1.807) is 0 Å². The van der Waals surface area contributed by atoms with E-state index in [4.69, 9.17) is 18.9 Å². The second-order valence-corrected chi connectivity index (χ2v) is 13.7. The van der Waals surface area contributed by atoms with Gasteiger partial charge in [0, 0.05) is 13.0 Å². The molecule has 6 unspecified atom stereocenters. The average molecular weight is 723 g/mol. The fourth-order valence-corrected chi connectivity index (χ4v) is 5.79. The zero-order valence-corrected chi connectivity index (χ0v) is 32.1. The molecule has 0 amide bonds. The van der Waals surface area contributed by atoms with Crippen molar-refractivity contribution in [2.24, 2.45) is 0 Å². The van der Waals surface area contributed by atoms with Crippen molar-refractivity contribution in [2.45, 2.75) is 185 Å². The highest BCUT2D eigenvalue weighted by Crippen LogP contribution is 2.22. The van der Waals surface area contributed by atoms with E-state index in [2.05, 4.69) is 62.5 Å². The Morgan fingerprint density at radius 1 is 0.647 bits per heavy atom. The minimum absolute atomic E-state index is 0.124. The lowest BCUT2D eigenvalue weighted by Gasteiger charge is -2.39. The van der Waals surface area contributed by atoms with Crippen LogP contribution in [0.5, 0.6) is 0 Å². The maximum Gasteiger partial charge on any atom is 0.306 e. The van der Waals surface area contributed by atoms with Gasteiger partial charge < -0.3 is 39.4 Å². The van der Waals surface area contributed by atoms with E-state index in [0.717, 1.165) is 83.5 Å². The topological polar surface area (TPSA) is 135 Å². The molecule has 1 fully saturated rings. The van der Waals surface area contributed by atoms with Gasteiger partial charge in [-0.3, -0.25) is 4.79 Å². The molecule has 1 saturated heterocycles. The van der Waals surface area contributed by atoms with Crippen LogP contribution in [0.1, 0.15) is 149 Å². The van der Waals surface area contributed by atoms with Gasteiger partial charge in [-0.15, -0.1) is 0 Å². The summed E-state index contributed by atoms with van der Waals surface area (Å²) in [5, 5.41) is 40.0. The normalized spacial score (nSPS) is 21.9. The van der Waals surface area contributed by atoms with E-state index in [-0.39, 0.29) is 19.2 Å². The maximum absolute atomic E-state index is 12.7. The Bertz CT molecular complexity index is 916. The van der Waals surface area contributed by atoms with Crippen LogP contribution < -0.4 is 0 Å². The molecule has 1 aliphatic rings. The second kappa shape index (κ2) is 34.0. The van der Waals surface area contributed by atoms with E-state index in [1.165, 1.54) is 44.9 Å². The Labute approximate surface area is 310 Å². The molecule has 9 nitrogen and oxygen atoms in total. The Balaban J connectivity index is 2.32. The molecule has 9 heteroatoms. The van der Waals surface area contributed by atoms with Crippen LogP contribution in [-0.2, 0) is 23.7 Å². The van der Waals surface area contributed by atoms with Gasteiger partial charge in [-0.05, 0) is 70.6 Å². The molecular weight excluding hydrogens is 648 g/mol. The lowest BCUT2D eigenvalue weighted by molar-refractivity contribution is -0.305. The first-order valence-electron chi connectivity index (χ1n) is 20.2. The molecule has 0 saturated carbocycles. The predicted octanol–water partition coefficient (Wildman–Crippen LogP) is 8.19. The molecule has 0 spiro atoms. The van der Waals surface area contributed by atoms with Crippen LogP contribution in [0.3, 0.4) is 0 Å². The molecule has 1 aliphatic heterocycles. The number of rotatable bonds is 33. The predicted molar refractivity (Wildman–Crippen MR) is 205 cm³/mol. The maximum atomic E-state index is 12.7. The molecular formula is C42H74O9. The number of hydrogen-bond acceptors (Lipinski definition) is 9. The Morgan fingerprint density at radius 2 is 1.20 bits per heavy atom. The van der Waals surface area contributed by atoms with Crippen molar-refractivity contribution in [3.8, 4) is 0 Å². The number of carbonyl (C=O) groups excluding carboxylic acids is 1. The lowest BCUT2D eigenvalue weighted by atomic mass is 9.99. The summed E-state index contributed by atoms with van der Waals surface area (Å²) < 4.78 is 22.7. The smallest absolute Gasteiger partial charge is 0.306 e. The third-order valence-corrected chi connectivity index (χ3v) is 8.98. The third-order valence-electron chi connectivity index (χ3n) is 8.98. The minimum atomic E-state index is -1.54. The van der Waals surface area contributed by atoms with Crippen LogP contribution in [0.25, 0.3) is 0 Å². The molecule has 296 valence electrons. The number of aliphatic hydroxyl groups is 4. The Kier molecular flexibility index (Phi) is 31.4. The van der Waals surface area contributed by atoms with Gasteiger partial charge in [-0.1, -0.05) is 120 Å². The number of ether oxygens (including phenoxy) is 4. The number of unbranched alkanes of at least 4 members (excludes halogenated alkanes) is 14. The fourth-order valence-electron chi connectivity index (χ4n) is 5.79. The summed E-state index contributed by atoms with van der Waals surface area (Å²) >= 11 is 0. The summed E-state index contributed by atoms with van der Waals surface area (Å²) in [5.41, 5.74) is 0. The Morgan fingerprint density at radius 3 is 1.82 bits per heavy atom. The zero-order valence-electron chi connectivity index (χ0n) is 32.1. The van der Waals surface area contributed by atoms with Crippen molar-refractivity contribution < 1.29 is 44.2 Å². The molecule has 4 N–H and O–H groups in total. The number of allylic oxidation sites excluding steroid dienone is 8. The molecule has 51 heavy (non-hydrogen) atoms. The number of esters is 1. The molecule has 1 heterocycles. The van der Waals surface area contributed by atoms with Gasteiger partial charge in [0.2, 0.25) is 0 Å². The van der Waals surface area contributed by atoms with E-state index >= 15 is 0 Å². The molecule has 0 aromatic rings. The van der Waals surface area contributed by atoms with Crippen LogP contribution in [0, 0.1) is 0 Å². The summed E-state index contributed by atoms with van der Waals surface area (Å²) in [6.45, 7) is 4.36. The lowest BCUT2D eigenvalue weighted by Crippen LogP contribution is -2.59. The number of carbonyl (C=O) groups is 1. The quantitative estimate of drug-likeness (QED) is 0.0301. The first-order chi connectivity index (χ1) is 24.9. The van der Waals surface area contributed by atoms with Crippen molar-refractivity contribution >= 4 is 5.97 Å². The highest BCUT2D eigenvalue weighted by atomic mass is 16.7. The van der Waals surface area contributed by atoms with Crippen LogP contribution >= 0.6 is 0 Å². The van der Waals surface area contributed by atoms with Gasteiger partial charge >= 0.3 is 5.97 Å².